The third-order valence-corrected chi connectivity index (χ3v) is 1.83. The van der Waals surface area contributed by atoms with E-state index in [0.29, 0.717) is 0 Å². The lowest BCUT2D eigenvalue weighted by molar-refractivity contribution is -0.0979. The number of rotatable bonds is 6. The lowest BCUT2D eigenvalue weighted by atomic mass is 10.1. The van der Waals surface area contributed by atoms with E-state index in [9.17, 15) is 0 Å². The highest BCUT2D eigenvalue weighted by Crippen LogP contribution is 2.04. The zero-order chi connectivity index (χ0) is 8.95. The topological polar surface area (TPSA) is 17.1 Å². The summed E-state index contributed by atoms with van der Waals surface area (Å²) in [6.07, 6.45) is 8.27. The van der Waals surface area contributed by atoms with Crippen LogP contribution in [0.25, 0.3) is 0 Å². The summed E-state index contributed by atoms with van der Waals surface area (Å²) in [5.41, 5.74) is 0. The molecule has 2 heteroatoms. The van der Waals surface area contributed by atoms with Gasteiger partial charge in [0.1, 0.15) is 6.79 Å². The minimum Gasteiger partial charge on any atom is -0.307 e. The fourth-order valence-electron chi connectivity index (χ4n) is 0.892. The average Bonchev–Trinajstić information content (AvgIpc) is 2.08. The van der Waals surface area contributed by atoms with Crippen LogP contribution in [0.2, 0.25) is 0 Å². The van der Waals surface area contributed by atoms with Crippen molar-refractivity contribution in [3.8, 4) is 0 Å². The molecule has 0 N–H and O–H groups in total. The van der Waals surface area contributed by atoms with E-state index in [0.717, 1.165) is 5.75 Å². The van der Waals surface area contributed by atoms with Crippen molar-refractivity contribution in [1.29, 1.82) is 0 Å². The Hall–Kier alpha value is 0.0200. The second-order valence-electron chi connectivity index (χ2n) is 2.49. The maximum Gasteiger partial charge on any atom is 0.106 e. The smallest absolute Gasteiger partial charge is 0.106 e. The second-order valence-corrected chi connectivity index (χ2v) is 2.94. The molecule has 0 rings (SSSR count). The average molecular weight is 176 g/mol. The maximum absolute atomic E-state index is 8.00. The number of hydrogen-bond donors (Lipinski definition) is 1. The summed E-state index contributed by atoms with van der Waals surface area (Å²) in [6.45, 7) is 4.25. The molecule has 0 aromatic rings. The summed E-state index contributed by atoms with van der Waals surface area (Å²) in [4.78, 5) is 8.00. The normalized spacial score (nSPS) is 8.55. The third-order valence-electron chi connectivity index (χ3n) is 1.51. The van der Waals surface area contributed by atoms with E-state index in [-0.39, 0.29) is 0 Å². The maximum atomic E-state index is 8.00. The van der Waals surface area contributed by atoms with Crippen LogP contribution in [-0.4, -0.2) is 12.5 Å². The molecular weight excluding hydrogens is 156 g/mol. The summed E-state index contributed by atoms with van der Waals surface area (Å²) in [5.74, 6) is 1.06. The Labute approximate surface area is 76.0 Å². The van der Waals surface area contributed by atoms with Crippen molar-refractivity contribution in [2.75, 3.05) is 5.75 Å². The SMILES string of the molecule is C=O.CCCCCCCCS. The molecule has 0 atom stereocenters. The Bertz CT molecular complexity index is 51.5. The largest absolute Gasteiger partial charge is 0.307 e. The Kier molecular flexibility index (Phi) is 20.5. The summed E-state index contributed by atoms with van der Waals surface area (Å²) in [7, 11) is 0. The first-order valence-corrected chi connectivity index (χ1v) is 4.94. The zero-order valence-corrected chi connectivity index (χ0v) is 8.41. The van der Waals surface area contributed by atoms with Crippen molar-refractivity contribution in [2.45, 2.75) is 45.4 Å². The monoisotopic (exact) mass is 176 g/mol. The molecule has 0 saturated carbocycles. The van der Waals surface area contributed by atoms with Gasteiger partial charge in [0.15, 0.2) is 0 Å². The van der Waals surface area contributed by atoms with Crippen molar-refractivity contribution in [3.63, 3.8) is 0 Å². The van der Waals surface area contributed by atoms with E-state index < -0.39 is 0 Å². The molecule has 0 spiro atoms. The van der Waals surface area contributed by atoms with Gasteiger partial charge in [0.25, 0.3) is 0 Å². The van der Waals surface area contributed by atoms with Crippen LogP contribution < -0.4 is 0 Å². The Morgan fingerprint density at radius 3 is 1.91 bits per heavy atom. The van der Waals surface area contributed by atoms with Crippen LogP contribution in [0.15, 0.2) is 0 Å². The van der Waals surface area contributed by atoms with Gasteiger partial charge in [0, 0.05) is 0 Å². The third kappa shape index (κ3) is 17.8. The molecule has 0 radical (unpaired) electrons. The van der Waals surface area contributed by atoms with Gasteiger partial charge < -0.3 is 4.79 Å². The predicted molar refractivity (Wildman–Crippen MR) is 54.4 cm³/mol. The van der Waals surface area contributed by atoms with Gasteiger partial charge in [-0.15, -0.1) is 0 Å². The molecule has 0 aliphatic carbocycles. The molecular formula is C9H20OS. The molecule has 0 aromatic carbocycles. The molecule has 0 unspecified atom stereocenters. The van der Waals surface area contributed by atoms with Crippen molar-refractivity contribution in [3.05, 3.63) is 0 Å². The standard InChI is InChI=1S/C8H18S.CH2O/c1-2-3-4-5-6-7-8-9;1-2/h9H,2-8H2,1H3;1H2. The molecule has 11 heavy (non-hydrogen) atoms. The Morgan fingerprint density at radius 2 is 1.45 bits per heavy atom. The Balaban J connectivity index is 0. The van der Waals surface area contributed by atoms with Crippen molar-refractivity contribution in [1.82, 2.24) is 0 Å². The molecule has 0 aliphatic rings. The molecule has 0 aromatic heterocycles. The summed E-state index contributed by atoms with van der Waals surface area (Å²) in [5, 5.41) is 0. The fraction of sp³-hybridized carbons (Fsp3) is 0.889. The first-order chi connectivity index (χ1) is 5.41. The van der Waals surface area contributed by atoms with Gasteiger partial charge in [-0.3, -0.25) is 0 Å². The minimum atomic E-state index is 1.06. The van der Waals surface area contributed by atoms with E-state index >= 15 is 0 Å². The second kappa shape index (κ2) is 16.5. The van der Waals surface area contributed by atoms with Gasteiger partial charge >= 0.3 is 0 Å². The molecule has 0 bridgehead atoms. The van der Waals surface area contributed by atoms with Gasteiger partial charge in [-0.2, -0.15) is 12.6 Å². The first kappa shape index (κ1) is 13.6. The van der Waals surface area contributed by atoms with Crippen LogP contribution in [0, 0.1) is 0 Å². The lowest BCUT2D eigenvalue weighted by Crippen LogP contribution is -1.78. The van der Waals surface area contributed by atoms with Gasteiger partial charge in [-0.05, 0) is 12.2 Å². The van der Waals surface area contributed by atoms with Gasteiger partial charge in [0.2, 0.25) is 0 Å². The van der Waals surface area contributed by atoms with Gasteiger partial charge in [-0.1, -0.05) is 39.0 Å². The van der Waals surface area contributed by atoms with E-state index in [2.05, 4.69) is 19.6 Å². The van der Waals surface area contributed by atoms with E-state index in [4.69, 9.17) is 4.79 Å². The number of hydrogen-bond acceptors (Lipinski definition) is 2. The molecule has 0 fully saturated rings. The molecule has 0 amide bonds. The lowest BCUT2D eigenvalue weighted by Gasteiger charge is -1.95. The molecule has 68 valence electrons. The van der Waals surface area contributed by atoms with Crippen molar-refractivity contribution in [2.24, 2.45) is 0 Å². The highest BCUT2D eigenvalue weighted by atomic mass is 32.1. The van der Waals surface area contributed by atoms with E-state index in [1.165, 1.54) is 38.5 Å². The molecule has 1 nitrogen and oxygen atoms in total. The van der Waals surface area contributed by atoms with Crippen LogP contribution in [0.1, 0.15) is 45.4 Å². The summed E-state index contributed by atoms with van der Waals surface area (Å²) in [6, 6.07) is 0. The summed E-state index contributed by atoms with van der Waals surface area (Å²) < 4.78 is 0. The van der Waals surface area contributed by atoms with Crippen molar-refractivity contribution >= 4 is 19.4 Å². The number of unbranched alkanes of at least 4 members (excludes halogenated alkanes) is 5. The van der Waals surface area contributed by atoms with Crippen LogP contribution in [-0.2, 0) is 4.79 Å². The van der Waals surface area contributed by atoms with E-state index in [1.54, 1.807) is 0 Å². The molecule has 0 saturated heterocycles. The highest BCUT2D eigenvalue weighted by molar-refractivity contribution is 7.80. The quantitative estimate of drug-likeness (QED) is 0.486. The zero-order valence-electron chi connectivity index (χ0n) is 7.51. The minimum absolute atomic E-state index is 1.06. The number of carbonyl (C=O) groups excluding carboxylic acids is 1. The molecule has 0 heterocycles. The highest BCUT2D eigenvalue weighted by Gasteiger charge is 1.86. The van der Waals surface area contributed by atoms with Crippen LogP contribution >= 0.6 is 12.6 Å². The fourth-order valence-corrected chi connectivity index (χ4v) is 1.12. The summed E-state index contributed by atoms with van der Waals surface area (Å²) >= 11 is 4.15. The molecule has 0 aliphatic heterocycles. The number of carbonyl (C=O) groups is 1. The van der Waals surface area contributed by atoms with Crippen LogP contribution in [0.4, 0.5) is 0 Å². The number of thiol groups is 1. The van der Waals surface area contributed by atoms with E-state index in [1.807, 2.05) is 6.79 Å². The van der Waals surface area contributed by atoms with Crippen molar-refractivity contribution < 1.29 is 4.79 Å². The Morgan fingerprint density at radius 1 is 1.00 bits per heavy atom. The van der Waals surface area contributed by atoms with Gasteiger partial charge in [-0.25, -0.2) is 0 Å². The first-order valence-electron chi connectivity index (χ1n) is 4.31. The van der Waals surface area contributed by atoms with Crippen LogP contribution in [0.3, 0.4) is 0 Å². The van der Waals surface area contributed by atoms with Gasteiger partial charge in [0.05, 0.1) is 0 Å². The van der Waals surface area contributed by atoms with Crippen LogP contribution in [0.5, 0.6) is 0 Å². The predicted octanol–water partition coefficient (Wildman–Crippen LogP) is 3.09.